The van der Waals surface area contributed by atoms with Crippen molar-refractivity contribution < 1.29 is 61.9 Å². The fourth-order valence-corrected chi connectivity index (χ4v) is 11.4. The number of aliphatic hydroxyl groups excluding tert-OH is 1. The van der Waals surface area contributed by atoms with E-state index < -0.39 is 86.4 Å². The van der Waals surface area contributed by atoms with Gasteiger partial charge < -0.3 is 42.7 Å². The molecule has 284 valence electrons. The van der Waals surface area contributed by atoms with Crippen molar-refractivity contribution >= 4 is 42.6 Å². The first-order valence-electron chi connectivity index (χ1n) is 17.3. The van der Waals surface area contributed by atoms with Gasteiger partial charge in [0, 0.05) is 20.8 Å². The van der Waals surface area contributed by atoms with Crippen LogP contribution in [0.25, 0.3) is 0 Å². The van der Waals surface area contributed by atoms with Gasteiger partial charge in [-0.3, -0.25) is 14.4 Å². The molecule has 0 radical (unpaired) electrons. The molecule has 0 aromatic heterocycles. The largest absolute Gasteiger partial charge is 0.463 e. The Balaban J connectivity index is 1.53. The molecule has 2 heterocycles. The van der Waals surface area contributed by atoms with Gasteiger partial charge in [-0.15, -0.1) is 0 Å². The lowest BCUT2D eigenvalue weighted by Crippen LogP contribution is -2.67. The molecule has 3 aromatic rings. The molecule has 0 spiro atoms. The summed E-state index contributed by atoms with van der Waals surface area (Å²) in [5.74, 6) is -2.83. The SMILES string of the molecule is CC(=O)OC[C@H]1O[C@H](O[C@H]2[C@H](OC(=O)c3ccccc3)[C@@H](O)O[C@@H]2CO[Si](c2ccccc2)(c2ccccc2)C(C)(C)C)[C@@H](OC(C)=O)[C@@H]1OC(C)=O. The van der Waals surface area contributed by atoms with E-state index in [1.165, 1.54) is 13.8 Å². The minimum Gasteiger partial charge on any atom is -0.463 e. The lowest BCUT2D eigenvalue weighted by atomic mass is 10.1. The quantitative estimate of drug-likeness (QED) is 0.154. The van der Waals surface area contributed by atoms with Crippen LogP contribution in [-0.2, 0) is 52.0 Å². The van der Waals surface area contributed by atoms with Gasteiger partial charge in [0.2, 0.25) is 0 Å². The number of esters is 4. The number of carbonyl (C=O) groups excluding carboxylic acids is 4. The van der Waals surface area contributed by atoms with Gasteiger partial charge in [0.05, 0.1) is 12.2 Å². The molecule has 14 heteroatoms. The smallest absolute Gasteiger partial charge is 0.338 e. The molecule has 0 saturated carbocycles. The molecule has 3 aromatic carbocycles. The first kappa shape index (κ1) is 39.8. The Morgan fingerprint density at radius 2 is 1.15 bits per heavy atom. The minimum absolute atomic E-state index is 0.135. The Morgan fingerprint density at radius 1 is 0.642 bits per heavy atom. The average molecular weight is 751 g/mol. The van der Waals surface area contributed by atoms with Crippen molar-refractivity contribution in [3.8, 4) is 0 Å². The van der Waals surface area contributed by atoms with Gasteiger partial charge in [-0.1, -0.05) is 99.6 Å². The second-order valence-corrected chi connectivity index (χ2v) is 18.2. The second-order valence-electron chi connectivity index (χ2n) is 13.9. The van der Waals surface area contributed by atoms with Gasteiger partial charge in [-0.2, -0.15) is 0 Å². The molecule has 0 unspecified atom stereocenters. The highest BCUT2D eigenvalue weighted by Crippen LogP contribution is 2.39. The summed E-state index contributed by atoms with van der Waals surface area (Å²) in [4.78, 5) is 49.6. The van der Waals surface area contributed by atoms with Crippen LogP contribution >= 0.6 is 0 Å². The van der Waals surface area contributed by atoms with Crippen molar-refractivity contribution in [2.24, 2.45) is 0 Å². The van der Waals surface area contributed by atoms with Crippen molar-refractivity contribution in [3.63, 3.8) is 0 Å². The Labute approximate surface area is 309 Å². The molecule has 5 rings (SSSR count). The highest BCUT2D eigenvalue weighted by atomic mass is 28.4. The van der Waals surface area contributed by atoms with E-state index in [-0.39, 0.29) is 18.8 Å². The Bertz CT molecular complexity index is 1660. The van der Waals surface area contributed by atoms with Crippen LogP contribution in [0, 0.1) is 0 Å². The molecule has 0 amide bonds. The standard InChI is InChI=1S/C39H46O13Si/c1-24(40)45-22-30-33(47-25(2)41)35(48-26(3)42)38(50-30)52-32-31(49-37(44)34(32)51-36(43)27-16-10-7-11-17-27)23-46-53(39(4,5)6,28-18-12-8-13-19-28)29-20-14-9-15-21-29/h7-21,30-35,37-38,44H,22-23H2,1-6H3/t30-,31-,32-,33-,34+,35+,37+,38-/m1/s1. The number of rotatable bonds is 13. The Morgan fingerprint density at radius 3 is 1.66 bits per heavy atom. The third-order valence-electron chi connectivity index (χ3n) is 9.03. The fraction of sp³-hybridized carbons (Fsp3) is 0.436. The monoisotopic (exact) mass is 750 g/mol. The number of ether oxygens (including phenoxy) is 7. The maximum Gasteiger partial charge on any atom is 0.338 e. The Kier molecular flexibility index (Phi) is 12.9. The summed E-state index contributed by atoms with van der Waals surface area (Å²) in [6.45, 7) is 9.36. The zero-order chi connectivity index (χ0) is 38.3. The van der Waals surface area contributed by atoms with Crippen LogP contribution in [0.3, 0.4) is 0 Å². The van der Waals surface area contributed by atoms with Crippen molar-refractivity contribution in [2.45, 2.75) is 95.8 Å². The molecule has 0 bridgehead atoms. The van der Waals surface area contributed by atoms with Crippen LogP contribution in [0.4, 0.5) is 0 Å². The van der Waals surface area contributed by atoms with Crippen LogP contribution in [0.1, 0.15) is 51.9 Å². The highest BCUT2D eigenvalue weighted by molar-refractivity contribution is 6.99. The third-order valence-corrected chi connectivity index (χ3v) is 14.0. The molecular formula is C39H46O13Si. The molecule has 13 nitrogen and oxygen atoms in total. The van der Waals surface area contributed by atoms with E-state index in [1.54, 1.807) is 30.3 Å². The molecule has 2 aliphatic heterocycles. The van der Waals surface area contributed by atoms with E-state index in [4.69, 9.17) is 37.6 Å². The predicted molar refractivity (Wildman–Crippen MR) is 191 cm³/mol. The summed E-state index contributed by atoms with van der Waals surface area (Å²) in [6, 6.07) is 28.0. The van der Waals surface area contributed by atoms with E-state index in [9.17, 15) is 24.3 Å². The molecule has 2 aliphatic rings. The zero-order valence-electron chi connectivity index (χ0n) is 30.5. The predicted octanol–water partition coefficient (Wildman–Crippen LogP) is 3.04. The van der Waals surface area contributed by atoms with Crippen molar-refractivity contribution in [1.82, 2.24) is 0 Å². The fourth-order valence-electron chi connectivity index (χ4n) is 6.81. The molecular weight excluding hydrogens is 705 g/mol. The number of hydrogen-bond donors (Lipinski definition) is 1. The number of carbonyl (C=O) groups is 4. The summed E-state index contributed by atoms with van der Waals surface area (Å²) in [6.07, 6.45) is -10.6. The van der Waals surface area contributed by atoms with Crippen molar-refractivity contribution in [1.29, 1.82) is 0 Å². The highest BCUT2D eigenvalue weighted by Gasteiger charge is 2.57. The molecule has 2 fully saturated rings. The zero-order valence-corrected chi connectivity index (χ0v) is 31.5. The van der Waals surface area contributed by atoms with Gasteiger partial charge >= 0.3 is 23.9 Å². The first-order valence-corrected chi connectivity index (χ1v) is 19.3. The van der Waals surface area contributed by atoms with Gasteiger partial charge in [-0.05, 0) is 27.5 Å². The molecule has 53 heavy (non-hydrogen) atoms. The van der Waals surface area contributed by atoms with Crippen LogP contribution in [0.15, 0.2) is 91.0 Å². The maximum atomic E-state index is 13.4. The van der Waals surface area contributed by atoms with Crippen LogP contribution in [-0.4, -0.2) is 99.7 Å². The van der Waals surface area contributed by atoms with E-state index in [0.29, 0.717) is 0 Å². The van der Waals surface area contributed by atoms with Crippen LogP contribution in [0.2, 0.25) is 5.04 Å². The van der Waals surface area contributed by atoms with Crippen molar-refractivity contribution in [3.05, 3.63) is 96.6 Å². The van der Waals surface area contributed by atoms with Gasteiger partial charge in [0.1, 0.15) is 24.9 Å². The summed E-state index contributed by atoms with van der Waals surface area (Å²) in [5, 5.41) is 12.9. The molecule has 1 N–H and O–H groups in total. The lowest BCUT2D eigenvalue weighted by molar-refractivity contribution is -0.222. The van der Waals surface area contributed by atoms with Gasteiger partial charge in [0.15, 0.2) is 30.9 Å². The topological polar surface area (TPSA) is 162 Å². The minimum atomic E-state index is -3.15. The van der Waals surface area contributed by atoms with Gasteiger partial charge in [0.25, 0.3) is 8.32 Å². The molecule has 8 atom stereocenters. The third kappa shape index (κ3) is 9.20. The van der Waals surface area contributed by atoms with E-state index >= 15 is 0 Å². The summed E-state index contributed by atoms with van der Waals surface area (Å²) in [5.41, 5.74) is 0.219. The second kappa shape index (κ2) is 17.1. The van der Waals surface area contributed by atoms with Crippen molar-refractivity contribution in [2.75, 3.05) is 13.2 Å². The van der Waals surface area contributed by atoms with Gasteiger partial charge in [-0.25, -0.2) is 4.79 Å². The lowest BCUT2D eigenvalue weighted by Gasteiger charge is -2.43. The van der Waals surface area contributed by atoms with E-state index in [2.05, 4.69) is 20.8 Å². The maximum absolute atomic E-state index is 13.4. The van der Waals surface area contributed by atoms with Crippen LogP contribution < -0.4 is 10.4 Å². The Hall–Kier alpha value is -4.44. The van der Waals surface area contributed by atoms with Crippen LogP contribution in [0.5, 0.6) is 0 Å². The summed E-state index contributed by atoms with van der Waals surface area (Å²) in [7, 11) is -3.15. The first-order chi connectivity index (χ1) is 25.2. The average Bonchev–Trinajstić information content (AvgIpc) is 3.58. The normalized spacial score (nSPS) is 25.7. The molecule has 0 aliphatic carbocycles. The number of aliphatic hydroxyl groups is 1. The van der Waals surface area contributed by atoms with E-state index in [0.717, 1.165) is 17.3 Å². The number of hydrogen-bond acceptors (Lipinski definition) is 13. The van der Waals surface area contributed by atoms with E-state index in [1.807, 2.05) is 60.7 Å². The number of benzene rings is 3. The molecule has 2 saturated heterocycles. The summed E-state index contributed by atoms with van der Waals surface area (Å²) < 4.78 is 47.8. The summed E-state index contributed by atoms with van der Waals surface area (Å²) >= 11 is 0.